The molecule has 4 rings (SSSR count). The first kappa shape index (κ1) is 18.3. The highest BCUT2D eigenvalue weighted by atomic mass is 16.5. The fourth-order valence-electron chi connectivity index (χ4n) is 3.68. The number of amides is 2. The quantitative estimate of drug-likeness (QED) is 0.800. The molecule has 0 fully saturated rings. The van der Waals surface area contributed by atoms with Gasteiger partial charge in [-0.2, -0.15) is 0 Å². The Balaban J connectivity index is 1.38. The summed E-state index contributed by atoms with van der Waals surface area (Å²) in [5, 5.41) is 5.81. The molecule has 0 spiro atoms. The summed E-state index contributed by atoms with van der Waals surface area (Å²) >= 11 is 0. The van der Waals surface area contributed by atoms with Gasteiger partial charge >= 0.3 is 6.03 Å². The summed E-state index contributed by atoms with van der Waals surface area (Å²) in [6.07, 6.45) is 1.72. The molecular weight excluding hydrogens is 360 g/mol. The molecule has 2 N–H and O–H groups in total. The molecule has 7 nitrogen and oxygen atoms in total. The lowest BCUT2D eigenvalue weighted by Gasteiger charge is -2.14. The van der Waals surface area contributed by atoms with Crippen LogP contribution in [0.4, 0.5) is 4.79 Å². The third-order valence-electron chi connectivity index (χ3n) is 5.09. The van der Waals surface area contributed by atoms with Crippen molar-refractivity contribution in [2.45, 2.75) is 25.9 Å². The number of nitrogens with one attached hydrogen (secondary N) is 2. The van der Waals surface area contributed by atoms with Gasteiger partial charge in [0.1, 0.15) is 11.5 Å². The molecule has 2 aliphatic rings. The summed E-state index contributed by atoms with van der Waals surface area (Å²) in [5.74, 6) is 3.12. The van der Waals surface area contributed by atoms with Crippen LogP contribution in [-0.2, 0) is 25.9 Å². The van der Waals surface area contributed by atoms with Gasteiger partial charge in [-0.05, 0) is 23.8 Å². The van der Waals surface area contributed by atoms with Gasteiger partial charge in [0.15, 0.2) is 11.5 Å². The minimum atomic E-state index is -0.238. The van der Waals surface area contributed by atoms with Crippen molar-refractivity contribution < 1.29 is 23.7 Å². The molecule has 0 aliphatic carbocycles. The number of hydrogen-bond donors (Lipinski definition) is 2. The van der Waals surface area contributed by atoms with Gasteiger partial charge in [-0.15, -0.1) is 0 Å². The van der Waals surface area contributed by atoms with Gasteiger partial charge in [0, 0.05) is 42.6 Å². The summed E-state index contributed by atoms with van der Waals surface area (Å²) in [6.45, 7) is 2.15. The Morgan fingerprint density at radius 1 is 1.00 bits per heavy atom. The van der Waals surface area contributed by atoms with Crippen molar-refractivity contribution in [3.8, 4) is 23.0 Å². The molecule has 0 radical (unpaired) electrons. The van der Waals surface area contributed by atoms with Gasteiger partial charge in [0.25, 0.3) is 0 Å². The monoisotopic (exact) mass is 384 g/mol. The highest BCUT2D eigenvalue weighted by Crippen LogP contribution is 2.40. The van der Waals surface area contributed by atoms with Gasteiger partial charge in [-0.25, -0.2) is 4.79 Å². The van der Waals surface area contributed by atoms with Crippen molar-refractivity contribution in [2.75, 3.05) is 27.4 Å². The van der Waals surface area contributed by atoms with Gasteiger partial charge in [0.2, 0.25) is 0 Å². The maximum Gasteiger partial charge on any atom is 0.315 e. The Kier molecular flexibility index (Phi) is 5.14. The number of methoxy groups -OCH3 is 2. The minimum absolute atomic E-state index is 0.238. The number of ether oxygens (including phenoxy) is 4. The van der Waals surface area contributed by atoms with Crippen molar-refractivity contribution in [2.24, 2.45) is 0 Å². The van der Waals surface area contributed by atoms with Crippen molar-refractivity contribution in [3.63, 3.8) is 0 Å². The SMILES string of the molecule is COc1ccc(CNC(=O)NCc2c3c(cc4c2OCC4)OCC3)cc1OC. The molecule has 2 aliphatic heterocycles. The van der Waals surface area contributed by atoms with E-state index in [2.05, 4.69) is 16.7 Å². The average molecular weight is 384 g/mol. The lowest BCUT2D eigenvalue weighted by atomic mass is 9.99. The third kappa shape index (κ3) is 3.52. The number of urea groups is 1. The molecule has 2 aromatic rings. The zero-order valence-corrected chi connectivity index (χ0v) is 16.1. The highest BCUT2D eigenvalue weighted by Gasteiger charge is 2.26. The second-order valence-corrected chi connectivity index (χ2v) is 6.74. The molecule has 0 saturated heterocycles. The predicted molar refractivity (Wildman–Crippen MR) is 103 cm³/mol. The smallest absolute Gasteiger partial charge is 0.315 e. The van der Waals surface area contributed by atoms with Crippen LogP contribution in [-0.4, -0.2) is 33.5 Å². The van der Waals surface area contributed by atoms with E-state index in [-0.39, 0.29) is 6.03 Å². The van der Waals surface area contributed by atoms with Crippen LogP contribution >= 0.6 is 0 Å². The van der Waals surface area contributed by atoms with E-state index in [1.54, 1.807) is 14.2 Å². The zero-order valence-electron chi connectivity index (χ0n) is 16.1. The summed E-state index contributed by atoms with van der Waals surface area (Å²) in [6, 6.07) is 7.40. The second-order valence-electron chi connectivity index (χ2n) is 6.74. The fraction of sp³-hybridized carbons (Fsp3) is 0.381. The Hall–Kier alpha value is -3.09. The first-order valence-corrected chi connectivity index (χ1v) is 9.35. The van der Waals surface area contributed by atoms with Gasteiger partial charge < -0.3 is 29.6 Å². The minimum Gasteiger partial charge on any atom is -0.493 e. The first-order chi connectivity index (χ1) is 13.7. The van der Waals surface area contributed by atoms with Crippen molar-refractivity contribution >= 4 is 6.03 Å². The van der Waals surface area contributed by atoms with E-state index in [0.29, 0.717) is 37.8 Å². The maximum atomic E-state index is 12.3. The van der Waals surface area contributed by atoms with Crippen LogP contribution in [0.2, 0.25) is 0 Å². The third-order valence-corrected chi connectivity index (χ3v) is 5.09. The molecule has 0 unspecified atom stereocenters. The molecule has 2 heterocycles. The van der Waals surface area contributed by atoms with E-state index < -0.39 is 0 Å². The van der Waals surface area contributed by atoms with Crippen molar-refractivity contribution in [3.05, 3.63) is 46.5 Å². The molecule has 0 saturated carbocycles. The maximum absolute atomic E-state index is 12.3. The van der Waals surface area contributed by atoms with Crippen LogP contribution in [0.15, 0.2) is 24.3 Å². The number of carbonyl (C=O) groups is 1. The summed E-state index contributed by atoms with van der Waals surface area (Å²) in [4.78, 5) is 12.3. The van der Waals surface area contributed by atoms with E-state index in [1.807, 2.05) is 18.2 Å². The Bertz CT molecular complexity index is 865. The van der Waals surface area contributed by atoms with Gasteiger partial charge in [-0.3, -0.25) is 0 Å². The number of fused-ring (bicyclic) bond motifs is 2. The van der Waals surface area contributed by atoms with E-state index in [4.69, 9.17) is 18.9 Å². The van der Waals surface area contributed by atoms with Crippen LogP contribution in [0, 0.1) is 0 Å². The van der Waals surface area contributed by atoms with Crippen LogP contribution < -0.4 is 29.6 Å². The zero-order chi connectivity index (χ0) is 19.5. The second kappa shape index (κ2) is 7.88. The van der Waals surface area contributed by atoms with Crippen LogP contribution in [0.5, 0.6) is 23.0 Å². The molecule has 0 atom stereocenters. The fourth-order valence-corrected chi connectivity index (χ4v) is 3.68. The molecule has 0 bridgehead atoms. The molecular formula is C21H24N2O5. The molecule has 7 heteroatoms. The highest BCUT2D eigenvalue weighted by molar-refractivity contribution is 5.74. The van der Waals surface area contributed by atoms with E-state index in [1.165, 1.54) is 0 Å². The molecule has 2 aromatic carbocycles. The Morgan fingerprint density at radius 3 is 2.61 bits per heavy atom. The Labute approximate surface area is 163 Å². The molecule has 148 valence electrons. The first-order valence-electron chi connectivity index (χ1n) is 9.35. The summed E-state index contributed by atoms with van der Waals surface area (Å²) in [7, 11) is 3.18. The number of hydrogen-bond acceptors (Lipinski definition) is 5. The predicted octanol–water partition coefficient (Wildman–Crippen LogP) is 2.57. The normalized spacial score (nSPS) is 13.8. The Morgan fingerprint density at radius 2 is 1.79 bits per heavy atom. The number of rotatable bonds is 6. The van der Waals surface area contributed by atoms with E-state index in [0.717, 1.165) is 46.6 Å². The summed E-state index contributed by atoms with van der Waals surface area (Å²) in [5.41, 5.74) is 4.25. The van der Waals surface area contributed by atoms with E-state index in [9.17, 15) is 4.79 Å². The lowest BCUT2D eigenvalue weighted by molar-refractivity contribution is 0.240. The van der Waals surface area contributed by atoms with Crippen LogP contribution in [0.3, 0.4) is 0 Å². The lowest BCUT2D eigenvalue weighted by Crippen LogP contribution is -2.34. The average Bonchev–Trinajstić information content (AvgIpc) is 3.38. The van der Waals surface area contributed by atoms with Crippen molar-refractivity contribution in [1.29, 1.82) is 0 Å². The van der Waals surface area contributed by atoms with E-state index >= 15 is 0 Å². The molecule has 0 aromatic heterocycles. The number of carbonyl (C=O) groups excluding carboxylic acids is 1. The van der Waals surface area contributed by atoms with Gasteiger partial charge in [0.05, 0.1) is 27.4 Å². The standard InChI is InChI=1S/C21H24N2O5/c1-25-17-4-3-13(9-19(17)26-2)11-22-21(24)23-12-16-15-6-8-27-18(15)10-14-5-7-28-20(14)16/h3-4,9-10H,5-8,11-12H2,1-2H3,(H2,22,23,24). The molecule has 2 amide bonds. The largest absolute Gasteiger partial charge is 0.493 e. The van der Waals surface area contributed by atoms with Gasteiger partial charge in [-0.1, -0.05) is 6.07 Å². The van der Waals surface area contributed by atoms with Crippen LogP contribution in [0.1, 0.15) is 22.3 Å². The van der Waals surface area contributed by atoms with Crippen LogP contribution in [0.25, 0.3) is 0 Å². The summed E-state index contributed by atoms with van der Waals surface area (Å²) < 4.78 is 22.0. The van der Waals surface area contributed by atoms with Crippen molar-refractivity contribution in [1.82, 2.24) is 10.6 Å². The molecule has 28 heavy (non-hydrogen) atoms. The number of benzene rings is 2. The topological polar surface area (TPSA) is 78.1 Å².